The van der Waals surface area contributed by atoms with Crippen LogP contribution < -0.4 is 0 Å². The second-order valence-electron chi connectivity index (χ2n) is 11.0. The first-order chi connectivity index (χ1) is 21.7. The number of aryl methyl sites for hydroxylation is 1. The van der Waals surface area contributed by atoms with Gasteiger partial charge in [-0.15, -0.1) is 47.0 Å². The molecule has 1 aliphatic carbocycles. The number of thioether (sulfide) groups is 4. The van der Waals surface area contributed by atoms with Crippen LogP contribution >= 0.6 is 47.0 Å². The lowest BCUT2D eigenvalue weighted by Gasteiger charge is -2.39. The Morgan fingerprint density at radius 2 is 0.818 bits per heavy atom. The fraction of sp³-hybridized carbons (Fsp3) is 0.205. The van der Waals surface area contributed by atoms with Crippen molar-refractivity contribution in [3.8, 4) is 0 Å². The molecule has 0 N–H and O–H groups in total. The van der Waals surface area contributed by atoms with Gasteiger partial charge in [-0.3, -0.25) is 4.99 Å². The summed E-state index contributed by atoms with van der Waals surface area (Å²) >= 11 is 7.99. The zero-order valence-corrected chi connectivity index (χ0v) is 28.1. The Morgan fingerprint density at radius 3 is 1.16 bits per heavy atom. The van der Waals surface area contributed by atoms with E-state index in [0.717, 1.165) is 18.5 Å². The van der Waals surface area contributed by atoms with Crippen molar-refractivity contribution in [2.45, 2.75) is 54.9 Å². The van der Waals surface area contributed by atoms with Gasteiger partial charge in [-0.05, 0) is 80.4 Å². The molecule has 0 heterocycles. The summed E-state index contributed by atoms with van der Waals surface area (Å²) in [6, 6.07) is 52.4. The quantitative estimate of drug-likeness (QED) is 0.104. The topological polar surface area (TPSA) is 12.4 Å². The van der Waals surface area contributed by atoms with Crippen LogP contribution in [0.5, 0.6) is 0 Å². The molecule has 1 saturated carbocycles. The average molecular weight is 648 g/mol. The van der Waals surface area contributed by atoms with Gasteiger partial charge in [0.25, 0.3) is 0 Å². The number of hydrogen-bond donors (Lipinski definition) is 0. The molecule has 0 aromatic heterocycles. The highest BCUT2D eigenvalue weighted by Crippen LogP contribution is 2.50. The normalized spacial score (nSPS) is 16.8. The molecule has 0 radical (unpaired) electrons. The predicted octanol–water partition coefficient (Wildman–Crippen LogP) is 12.3. The van der Waals surface area contributed by atoms with Crippen LogP contribution in [0.1, 0.15) is 24.8 Å². The first kappa shape index (κ1) is 31.2. The molecular weight excluding hydrogens is 611 g/mol. The molecule has 0 amide bonds. The monoisotopic (exact) mass is 647 g/mol. The summed E-state index contributed by atoms with van der Waals surface area (Å²) in [5, 5.41) is 0. The number of nitrogens with zero attached hydrogens (tertiary/aromatic N) is 1. The van der Waals surface area contributed by atoms with Crippen LogP contribution in [0.2, 0.25) is 0 Å². The van der Waals surface area contributed by atoms with Crippen molar-refractivity contribution in [1.82, 2.24) is 0 Å². The van der Waals surface area contributed by atoms with E-state index in [1.54, 1.807) is 0 Å². The van der Waals surface area contributed by atoms with E-state index in [1.165, 1.54) is 37.3 Å². The minimum atomic E-state index is 0.302. The van der Waals surface area contributed by atoms with Crippen LogP contribution in [0, 0.1) is 18.8 Å². The van der Waals surface area contributed by atoms with Gasteiger partial charge in [0, 0.05) is 37.1 Å². The Labute approximate surface area is 279 Å². The van der Waals surface area contributed by atoms with Crippen molar-refractivity contribution in [2.24, 2.45) is 16.8 Å². The first-order valence-corrected chi connectivity index (χ1v) is 18.7. The lowest BCUT2D eigenvalue weighted by atomic mass is 9.80. The van der Waals surface area contributed by atoms with Gasteiger partial charge in [0.1, 0.15) is 0 Å². The highest BCUT2D eigenvalue weighted by molar-refractivity contribution is 8.17. The zero-order valence-electron chi connectivity index (χ0n) is 24.9. The highest BCUT2D eigenvalue weighted by Gasteiger charge is 2.40. The second kappa shape index (κ2) is 15.9. The van der Waals surface area contributed by atoms with Gasteiger partial charge in [0.2, 0.25) is 0 Å². The summed E-state index contributed by atoms with van der Waals surface area (Å²) in [5.74, 6) is 0.668. The second-order valence-corrected chi connectivity index (χ2v) is 16.4. The third kappa shape index (κ3) is 8.66. The van der Waals surface area contributed by atoms with E-state index in [2.05, 4.69) is 153 Å². The molecule has 44 heavy (non-hydrogen) atoms. The molecule has 2 atom stereocenters. The maximum Gasteiger partial charge on any atom is 0.0677 e. The van der Waals surface area contributed by atoms with Crippen LogP contribution in [-0.4, -0.2) is 14.9 Å². The fourth-order valence-corrected chi connectivity index (χ4v) is 11.3. The zero-order chi connectivity index (χ0) is 30.0. The van der Waals surface area contributed by atoms with Crippen LogP contribution in [0.25, 0.3) is 0 Å². The summed E-state index contributed by atoms with van der Waals surface area (Å²) in [6.45, 7) is 2.15. The SMILES string of the molecule is Cc1ccc(N=C2C(C(Sc3ccccc3)Sc3ccccc3)CCCC2C(Sc2ccccc2)Sc2ccccc2)cc1. The van der Waals surface area contributed by atoms with Crippen LogP contribution in [0.3, 0.4) is 0 Å². The van der Waals surface area contributed by atoms with Crippen LogP contribution in [-0.2, 0) is 0 Å². The Morgan fingerprint density at radius 1 is 0.477 bits per heavy atom. The van der Waals surface area contributed by atoms with Crippen molar-refractivity contribution in [2.75, 3.05) is 0 Å². The minimum Gasteiger partial charge on any atom is -0.257 e. The molecule has 5 aromatic rings. The number of aliphatic imine (C=N–C) groups is 1. The van der Waals surface area contributed by atoms with Gasteiger partial charge in [0.15, 0.2) is 0 Å². The van der Waals surface area contributed by atoms with Gasteiger partial charge in [0.05, 0.1) is 14.9 Å². The maximum absolute atomic E-state index is 5.59. The number of rotatable bonds is 11. The Balaban J connectivity index is 1.42. The number of benzene rings is 5. The van der Waals surface area contributed by atoms with Gasteiger partial charge in [-0.2, -0.15) is 0 Å². The molecular formula is C39H37NS4. The van der Waals surface area contributed by atoms with E-state index in [1.807, 2.05) is 47.0 Å². The van der Waals surface area contributed by atoms with E-state index in [-0.39, 0.29) is 0 Å². The minimum absolute atomic E-state index is 0.302. The average Bonchev–Trinajstić information content (AvgIpc) is 3.07. The Bertz CT molecular complexity index is 1410. The lowest BCUT2D eigenvalue weighted by Crippen LogP contribution is -2.38. The van der Waals surface area contributed by atoms with Gasteiger partial charge in [-0.25, -0.2) is 0 Å². The predicted molar refractivity (Wildman–Crippen MR) is 196 cm³/mol. The molecule has 5 aromatic carbocycles. The van der Waals surface area contributed by atoms with Crippen LogP contribution in [0.15, 0.2) is 170 Å². The summed E-state index contributed by atoms with van der Waals surface area (Å²) in [5.41, 5.74) is 3.68. The molecule has 0 bridgehead atoms. The van der Waals surface area contributed by atoms with E-state index in [9.17, 15) is 0 Å². The summed E-state index contributed by atoms with van der Waals surface area (Å²) in [4.78, 5) is 10.8. The van der Waals surface area contributed by atoms with Crippen molar-refractivity contribution >= 4 is 58.4 Å². The highest BCUT2D eigenvalue weighted by atomic mass is 32.2. The summed E-state index contributed by atoms with van der Waals surface area (Å²) in [7, 11) is 0. The third-order valence-corrected chi connectivity index (χ3v) is 13.3. The van der Waals surface area contributed by atoms with Crippen molar-refractivity contribution < 1.29 is 0 Å². The molecule has 0 spiro atoms. The van der Waals surface area contributed by atoms with E-state index in [0.29, 0.717) is 21.0 Å². The van der Waals surface area contributed by atoms with Gasteiger partial charge >= 0.3 is 0 Å². The lowest BCUT2D eigenvalue weighted by molar-refractivity contribution is 0.480. The van der Waals surface area contributed by atoms with Crippen molar-refractivity contribution in [3.05, 3.63) is 151 Å². The standard InChI is InChI=1S/C39H37NS4/c1-29-25-27-30(28-26-29)40-37-35(38(41-31-15-6-2-7-16-31)42-32-17-8-3-9-18-32)23-14-24-36(37)39(43-33-19-10-4-11-20-33)44-34-21-12-5-13-22-34/h2-13,15-22,25-28,35-36,38-39H,14,23-24H2,1H3. The van der Waals surface area contributed by atoms with E-state index >= 15 is 0 Å². The molecule has 5 heteroatoms. The molecule has 1 aliphatic rings. The molecule has 1 fully saturated rings. The molecule has 0 aliphatic heterocycles. The smallest absolute Gasteiger partial charge is 0.0677 e. The van der Waals surface area contributed by atoms with E-state index in [4.69, 9.17) is 4.99 Å². The largest absolute Gasteiger partial charge is 0.257 e. The molecule has 1 nitrogen and oxygen atoms in total. The van der Waals surface area contributed by atoms with Crippen LogP contribution in [0.4, 0.5) is 5.69 Å². The third-order valence-electron chi connectivity index (χ3n) is 7.72. The van der Waals surface area contributed by atoms with Crippen molar-refractivity contribution in [1.29, 1.82) is 0 Å². The first-order valence-electron chi connectivity index (χ1n) is 15.2. The Kier molecular flexibility index (Phi) is 11.3. The van der Waals surface area contributed by atoms with Crippen molar-refractivity contribution in [3.63, 3.8) is 0 Å². The van der Waals surface area contributed by atoms with E-state index < -0.39 is 0 Å². The Hall–Kier alpha value is -2.83. The molecule has 2 unspecified atom stereocenters. The summed E-state index contributed by atoms with van der Waals surface area (Å²) < 4.78 is 0.604. The number of hydrogen-bond acceptors (Lipinski definition) is 5. The van der Waals surface area contributed by atoms with Gasteiger partial charge < -0.3 is 0 Å². The maximum atomic E-state index is 5.59. The van der Waals surface area contributed by atoms with Gasteiger partial charge in [-0.1, -0.05) is 96.9 Å². The molecule has 6 rings (SSSR count). The molecule has 0 saturated heterocycles. The summed E-state index contributed by atoms with van der Waals surface area (Å²) in [6.07, 6.45) is 3.49. The molecule has 222 valence electrons. The fourth-order valence-electron chi connectivity index (χ4n) is 5.52.